The first-order valence-corrected chi connectivity index (χ1v) is 6.89. The molecule has 2 aromatic rings. The van der Waals surface area contributed by atoms with Crippen LogP contribution in [0.25, 0.3) is 0 Å². The van der Waals surface area contributed by atoms with E-state index < -0.39 is 4.92 Å². The Balaban J connectivity index is 2.43. The summed E-state index contributed by atoms with van der Waals surface area (Å²) in [5.74, 6) is 0. The van der Waals surface area contributed by atoms with Crippen LogP contribution in [-0.2, 0) is 0 Å². The maximum atomic E-state index is 11.0. The third-order valence-electron chi connectivity index (χ3n) is 2.37. The van der Waals surface area contributed by atoms with Gasteiger partial charge in [0.2, 0.25) is 0 Å². The molecule has 0 aliphatic rings. The van der Waals surface area contributed by atoms with Crippen molar-refractivity contribution in [2.24, 2.45) is 0 Å². The molecule has 0 radical (unpaired) electrons. The fourth-order valence-electron chi connectivity index (χ4n) is 1.48. The molecular formula is C13H8BrNO3S. The molecule has 0 unspecified atom stereocenters. The van der Waals surface area contributed by atoms with Gasteiger partial charge in [0.25, 0.3) is 5.69 Å². The number of hydrogen-bond acceptors (Lipinski definition) is 4. The van der Waals surface area contributed by atoms with Crippen molar-refractivity contribution in [2.45, 2.75) is 9.79 Å². The van der Waals surface area contributed by atoms with E-state index in [0.29, 0.717) is 16.7 Å². The molecule has 0 aliphatic heterocycles. The molecule has 0 aromatic heterocycles. The molecule has 2 aromatic carbocycles. The number of carbonyl (C=O) groups excluding carboxylic acids is 1. The lowest BCUT2D eigenvalue weighted by atomic mass is 10.2. The van der Waals surface area contributed by atoms with Gasteiger partial charge in [0.05, 0.1) is 9.82 Å². The molecular weight excluding hydrogens is 330 g/mol. The predicted molar refractivity (Wildman–Crippen MR) is 76.7 cm³/mol. The average Bonchev–Trinajstić information content (AvgIpc) is 2.41. The van der Waals surface area contributed by atoms with Crippen LogP contribution in [0.5, 0.6) is 0 Å². The quantitative estimate of drug-likeness (QED) is 0.473. The largest absolute Gasteiger partial charge is 0.298 e. The maximum Gasteiger partial charge on any atom is 0.283 e. The standard InChI is InChI=1S/C13H8BrNO3S/c14-10-3-1-2-4-12(10)19-13-6-5-9(8-16)7-11(13)15(17)18/h1-8H. The molecule has 0 saturated carbocycles. The Morgan fingerprint density at radius 1 is 1.16 bits per heavy atom. The molecule has 4 nitrogen and oxygen atoms in total. The minimum atomic E-state index is -0.480. The van der Waals surface area contributed by atoms with Crippen LogP contribution in [0.1, 0.15) is 10.4 Å². The average molecular weight is 338 g/mol. The summed E-state index contributed by atoms with van der Waals surface area (Å²) in [4.78, 5) is 22.6. The summed E-state index contributed by atoms with van der Waals surface area (Å²) in [6, 6.07) is 11.9. The van der Waals surface area contributed by atoms with Crippen LogP contribution in [0, 0.1) is 10.1 Å². The number of hydrogen-bond donors (Lipinski definition) is 0. The number of aldehydes is 1. The zero-order chi connectivity index (χ0) is 13.8. The fraction of sp³-hybridized carbons (Fsp3) is 0. The highest BCUT2D eigenvalue weighted by molar-refractivity contribution is 9.10. The molecule has 0 N–H and O–H groups in total. The van der Waals surface area contributed by atoms with E-state index in [0.717, 1.165) is 9.37 Å². The Hall–Kier alpha value is -1.66. The second-order valence-electron chi connectivity index (χ2n) is 3.63. The summed E-state index contributed by atoms with van der Waals surface area (Å²) in [5.41, 5.74) is 0.230. The lowest BCUT2D eigenvalue weighted by Gasteiger charge is -2.05. The van der Waals surface area contributed by atoms with Crippen molar-refractivity contribution in [1.29, 1.82) is 0 Å². The van der Waals surface area contributed by atoms with Crippen molar-refractivity contribution in [3.8, 4) is 0 Å². The SMILES string of the molecule is O=Cc1ccc(Sc2ccccc2Br)c([N+](=O)[O-])c1. The first-order chi connectivity index (χ1) is 9.11. The highest BCUT2D eigenvalue weighted by atomic mass is 79.9. The van der Waals surface area contributed by atoms with Crippen molar-refractivity contribution < 1.29 is 9.72 Å². The third kappa shape index (κ3) is 3.21. The Kier molecular flexibility index (Phi) is 4.34. The van der Waals surface area contributed by atoms with Crippen LogP contribution in [0.3, 0.4) is 0 Å². The van der Waals surface area contributed by atoms with Gasteiger partial charge in [0, 0.05) is 21.0 Å². The van der Waals surface area contributed by atoms with E-state index in [4.69, 9.17) is 0 Å². The van der Waals surface area contributed by atoms with Crippen LogP contribution in [0.15, 0.2) is 56.7 Å². The molecule has 0 aliphatic carbocycles. The zero-order valence-electron chi connectivity index (χ0n) is 9.58. The Morgan fingerprint density at radius 2 is 1.89 bits per heavy atom. The molecule has 0 atom stereocenters. The van der Waals surface area contributed by atoms with E-state index in [9.17, 15) is 14.9 Å². The van der Waals surface area contributed by atoms with E-state index in [2.05, 4.69) is 15.9 Å². The van der Waals surface area contributed by atoms with Crippen LogP contribution >= 0.6 is 27.7 Å². The van der Waals surface area contributed by atoms with E-state index in [1.807, 2.05) is 24.3 Å². The summed E-state index contributed by atoms with van der Waals surface area (Å²) in [5, 5.41) is 11.0. The molecule has 0 saturated heterocycles. The first-order valence-electron chi connectivity index (χ1n) is 5.28. The lowest BCUT2D eigenvalue weighted by Crippen LogP contribution is -1.93. The van der Waals surface area contributed by atoms with Crippen molar-refractivity contribution in [3.05, 3.63) is 62.6 Å². The van der Waals surface area contributed by atoms with Gasteiger partial charge in [0.15, 0.2) is 0 Å². The summed E-state index contributed by atoms with van der Waals surface area (Å²) in [6.45, 7) is 0. The van der Waals surface area contributed by atoms with Gasteiger partial charge in [-0.25, -0.2) is 0 Å². The van der Waals surface area contributed by atoms with Gasteiger partial charge < -0.3 is 0 Å². The van der Waals surface area contributed by atoms with Crippen LogP contribution in [0.4, 0.5) is 5.69 Å². The van der Waals surface area contributed by atoms with E-state index in [-0.39, 0.29) is 5.69 Å². The molecule has 6 heteroatoms. The number of carbonyl (C=O) groups is 1. The van der Waals surface area contributed by atoms with Gasteiger partial charge in [0.1, 0.15) is 6.29 Å². The smallest absolute Gasteiger partial charge is 0.283 e. The monoisotopic (exact) mass is 337 g/mol. The van der Waals surface area contributed by atoms with Gasteiger partial charge in [-0.2, -0.15) is 0 Å². The fourth-order valence-corrected chi connectivity index (χ4v) is 2.93. The van der Waals surface area contributed by atoms with Crippen LogP contribution in [-0.4, -0.2) is 11.2 Å². The number of rotatable bonds is 4. The number of benzene rings is 2. The Labute approximate surface area is 122 Å². The highest BCUT2D eigenvalue weighted by Crippen LogP contribution is 2.38. The number of nitro groups is 1. The van der Waals surface area contributed by atoms with Crippen LogP contribution in [0.2, 0.25) is 0 Å². The van der Waals surface area contributed by atoms with Crippen molar-refractivity contribution in [2.75, 3.05) is 0 Å². The van der Waals surface area contributed by atoms with Crippen LogP contribution < -0.4 is 0 Å². The molecule has 0 spiro atoms. The summed E-state index contributed by atoms with van der Waals surface area (Å²) in [7, 11) is 0. The van der Waals surface area contributed by atoms with Crippen molar-refractivity contribution in [1.82, 2.24) is 0 Å². The number of halogens is 1. The molecule has 96 valence electrons. The second-order valence-corrected chi connectivity index (χ2v) is 5.57. The lowest BCUT2D eigenvalue weighted by molar-refractivity contribution is -0.387. The molecule has 19 heavy (non-hydrogen) atoms. The minimum Gasteiger partial charge on any atom is -0.298 e. The van der Waals surface area contributed by atoms with Gasteiger partial charge in [-0.15, -0.1) is 0 Å². The normalized spacial score (nSPS) is 10.2. The topological polar surface area (TPSA) is 60.2 Å². The van der Waals surface area contributed by atoms with Gasteiger partial charge >= 0.3 is 0 Å². The van der Waals surface area contributed by atoms with Crippen molar-refractivity contribution >= 4 is 39.7 Å². The predicted octanol–water partition coefficient (Wildman–Crippen LogP) is 4.32. The first kappa shape index (κ1) is 13.8. The molecule has 0 bridgehead atoms. The summed E-state index contributed by atoms with van der Waals surface area (Å²) in [6.07, 6.45) is 0.597. The molecule has 0 heterocycles. The third-order valence-corrected chi connectivity index (χ3v) is 4.47. The molecule has 0 amide bonds. The number of nitro benzene ring substituents is 1. The van der Waals surface area contributed by atoms with E-state index in [1.165, 1.54) is 17.8 Å². The highest BCUT2D eigenvalue weighted by Gasteiger charge is 2.16. The van der Waals surface area contributed by atoms with E-state index >= 15 is 0 Å². The molecule has 0 fully saturated rings. The molecule has 2 rings (SSSR count). The van der Waals surface area contributed by atoms with Gasteiger partial charge in [-0.1, -0.05) is 30.0 Å². The number of nitrogens with zero attached hydrogens (tertiary/aromatic N) is 1. The summed E-state index contributed by atoms with van der Waals surface area (Å²) >= 11 is 4.68. The minimum absolute atomic E-state index is 0.0645. The maximum absolute atomic E-state index is 11.0. The summed E-state index contributed by atoms with van der Waals surface area (Å²) < 4.78 is 0.869. The second kappa shape index (κ2) is 5.99. The van der Waals surface area contributed by atoms with Gasteiger partial charge in [-0.3, -0.25) is 14.9 Å². The zero-order valence-corrected chi connectivity index (χ0v) is 12.0. The van der Waals surface area contributed by atoms with E-state index in [1.54, 1.807) is 12.1 Å². The Morgan fingerprint density at radius 3 is 2.53 bits per heavy atom. The van der Waals surface area contributed by atoms with Gasteiger partial charge in [-0.05, 0) is 34.1 Å². The Bertz CT molecular complexity index is 646. The van der Waals surface area contributed by atoms with Crippen molar-refractivity contribution in [3.63, 3.8) is 0 Å².